The first kappa shape index (κ1) is 22.0. The highest BCUT2D eigenvalue weighted by atomic mass is 32.2. The van der Waals surface area contributed by atoms with Gasteiger partial charge >= 0.3 is 0 Å². The molecule has 1 aliphatic rings. The summed E-state index contributed by atoms with van der Waals surface area (Å²) in [7, 11) is -3.65. The van der Waals surface area contributed by atoms with Gasteiger partial charge in [0.25, 0.3) is 10.0 Å². The molecule has 0 saturated carbocycles. The minimum atomic E-state index is -3.65. The maximum Gasteiger partial charge on any atom is 0.261 e. The Hall–Kier alpha value is -3.17. The number of rotatable bonds is 6. The molecular weight excluding hydrogens is 426 g/mol. The molecule has 0 atom stereocenters. The van der Waals surface area contributed by atoms with Crippen molar-refractivity contribution in [3.05, 3.63) is 65.4 Å². The molecular formula is C23H27N5O3S. The first-order chi connectivity index (χ1) is 15.3. The van der Waals surface area contributed by atoms with Crippen LogP contribution < -0.4 is 14.9 Å². The minimum Gasteiger partial charge on any atom is -0.378 e. The van der Waals surface area contributed by atoms with Gasteiger partial charge in [0.15, 0.2) is 0 Å². The minimum absolute atomic E-state index is 0.245. The van der Waals surface area contributed by atoms with Gasteiger partial charge in [-0.1, -0.05) is 6.07 Å². The molecule has 1 aromatic heterocycles. The van der Waals surface area contributed by atoms with E-state index in [0.29, 0.717) is 30.7 Å². The van der Waals surface area contributed by atoms with Crippen LogP contribution in [-0.2, 0) is 14.8 Å². The Labute approximate surface area is 188 Å². The van der Waals surface area contributed by atoms with Gasteiger partial charge in [-0.2, -0.15) is 4.98 Å². The van der Waals surface area contributed by atoms with Crippen LogP contribution in [0.4, 0.5) is 23.1 Å². The van der Waals surface area contributed by atoms with Crippen molar-refractivity contribution in [1.29, 1.82) is 0 Å². The summed E-state index contributed by atoms with van der Waals surface area (Å²) in [5.41, 5.74) is 4.13. The number of nitrogens with zero attached hydrogens (tertiary/aromatic N) is 3. The van der Waals surface area contributed by atoms with Gasteiger partial charge in [-0.25, -0.2) is 13.4 Å². The van der Waals surface area contributed by atoms with Crippen LogP contribution in [0, 0.1) is 20.8 Å². The lowest BCUT2D eigenvalue weighted by atomic mass is 10.1. The van der Waals surface area contributed by atoms with Crippen molar-refractivity contribution in [2.24, 2.45) is 0 Å². The molecule has 1 aliphatic heterocycles. The number of anilines is 4. The van der Waals surface area contributed by atoms with E-state index in [1.807, 2.05) is 45.0 Å². The lowest BCUT2D eigenvalue weighted by molar-refractivity contribution is 0.122. The molecule has 0 amide bonds. The van der Waals surface area contributed by atoms with Crippen molar-refractivity contribution in [2.45, 2.75) is 25.7 Å². The molecule has 168 valence electrons. The van der Waals surface area contributed by atoms with Gasteiger partial charge in [0, 0.05) is 36.2 Å². The van der Waals surface area contributed by atoms with Crippen LogP contribution in [0.25, 0.3) is 0 Å². The summed E-state index contributed by atoms with van der Waals surface area (Å²) >= 11 is 0. The lowest BCUT2D eigenvalue weighted by Crippen LogP contribution is -2.37. The Bertz CT molecular complexity index is 1210. The molecule has 8 nitrogen and oxygen atoms in total. The number of hydrogen-bond acceptors (Lipinski definition) is 7. The van der Waals surface area contributed by atoms with Gasteiger partial charge in [0.05, 0.1) is 18.1 Å². The molecule has 0 radical (unpaired) electrons. The highest BCUT2D eigenvalue weighted by Crippen LogP contribution is 2.23. The van der Waals surface area contributed by atoms with E-state index in [0.717, 1.165) is 35.6 Å². The van der Waals surface area contributed by atoms with Crippen LogP contribution in [0.15, 0.2) is 53.4 Å². The number of sulfonamides is 1. The third kappa shape index (κ3) is 5.17. The van der Waals surface area contributed by atoms with Crippen molar-refractivity contribution in [3.63, 3.8) is 0 Å². The molecule has 1 fully saturated rings. The largest absolute Gasteiger partial charge is 0.378 e. The van der Waals surface area contributed by atoms with Crippen LogP contribution in [0.5, 0.6) is 0 Å². The second-order valence-corrected chi connectivity index (χ2v) is 9.53. The highest BCUT2D eigenvalue weighted by molar-refractivity contribution is 7.92. The Morgan fingerprint density at radius 3 is 2.25 bits per heavy atom. The van der Waals surface area contributed by atoms with Gasteiger partial charge < -0.3 is 15.0 Å². The van der Waals surface area contributed by atoms with Crippen molar-refractivity contribution in [2.75, 3.05) is 41.2 Å². The molecule has 9 heteroatoms. The Morgan fingerprint density at radius 2 is 1.56 bits per heavy atom. The molecule has 1 saturated heterocycles. The van der Waals surface area contributed by atoms with E-state index < -0.39 is 10.0 Å². The average molecular weight is 454 g/mol. The number of benzene rings is 2. The smallest absolute Gasteiger partial charge is 0.261 e. The van der Waals surface area contributed by atoms with Crippen LogP contribution >= 0.6 is 0 Å². The second-order valence-electron chi connectivity index (χ2n) is 7.85. The van der Waals surface area contributed by atoms with Crippen LogP contribution in [-0.4, -0.2) is 44.7 Å². The van der Waals surface area contributed by atoms with E-state index >= 15 is 0 Å². The SMILES string of the molecule is Cc1cc(Nc2ccc(NS(=O)(=O)c3ccc(C)c(C)c3)cc2)nc(N2CCOCC2)n1. The Kier molecular flexibility index (Phi) is 6.29. The second kappa shape index (κ2) is 9.13. The lowest BCUT2D eigenvalue weighted by Gasteiger charge is -2.27. The number of aromatic nitrogens is 2. The van der Waals surface area contributed by atoms with Crippen molar-refractivity contribution < 1.29 is 13.2 Å². The first-order valence-corrected chi connectivity index (χ1v) is 11.9. The molecule has 2 aromatic carbocycles. The Morgan fingerprint density at radius 1 is 0.875 bits per heavy atom. The summed E-state index contributed by atoms with van der Waals surface area (Å²) in [5, 5.41) is 3.27. The third-order valence-electron chi connectivity index (χ3n) is 5.33. The van der Waals surface area contributed by atoms with Gasteiger partial charge in [0.2, 0.25) is 5.95 Å². The average Bonchev–Trinajstić information content (AvgIpc) is 2.77. The first-order valence-electron chi connectivity index (χ1n) is 10.5. The van der Waals surface area contributed by atoms with Crippen LogP contribution in [0.1, 0.15) is 16.8 Å². The molecule has 0 spiro atoms. The van der Waals surface area contributed by atoms with Gasteiger partial charge in [0.1, 0.15) is 5.82 Å². The molecule has 4 rings (SSSR count). The molecule has 0 bridgehead atoms. The maximum absolute atomic E-state index is 12.7. The number of ether oxygens (including phenoxy) is 1. The van der Waals surface area contributed by atoms with E-state index in [1.54, 1.807) is 24.3 Å². The fourth-order valence-electron chi connectivity index (χ4n) is 3.39. The normalized spacial score (nSPS) is 14.3. The van der Waals surface area contributed by atoms with Crippen molar-refractivity contribution >= 4 is 33.2 Å². The zero-order chi connectivity index (χ0) is 22.7. The maximum atomic E-state index is 12.7. The zero-order valence-electron chi connectivity index (χ0n) is 18.4. The fourth-order valence-corrected chi connectivity index (χ4v) is 4.53. The van der Waals surface area contributed by atoms with E-state index in [1.165, 1.54) is 0 Å². The van der Waals surface area contributed by atoms with Gasteiger partial charge in [-0.3, -0.25) is 4.72 Å². The van der Waals surface area contributed by atoms with Crippen LogP contribution in [0.2, 0.25) is 0 Å². The number of nitrogens with one attached hydrogen (secondary N) is 2. The molecule has 0 aliphatic carbocycles. The predicted molar refractivity (Wildman–Crippen MR) is 126 cm³/mol. The van der Waals surface area contributed by atoms with E-state index in [4.69, 9.17) is 4.74 Å². The van der Waals surface area contributed by atoms with Gasteiger partial charge in [-0.15, -0.1) is 0 Å². The van der Waals surface area contributed by atoms with E-state index in [2.05, 4.69) is 24.9 Å². The molecule has 2 N–H and O–H groups in total. The summed E-state index contributed by atoms with van der Waals surface area (Å²) in [6.07, 6.45) is 0. The third-order valence-corrected chi connectivity index (χ3v) is 6.71. The summed E-state index contributed by atoms with van der Waals surface area (Å²) in [4.78, 5) is 11.5. The predicted octanol–water partition coefficient (Wildman–Crippen LogP) is 3.78. The molecule has 32 heavy (non-hydrogen) atoms. The summed E-state index contributed by atoms with van der Waals surface area (Å²) in [5.74, 6) is 1.36. The molecule has 3 aromatic rings. The summed E-state index contributed by atoms with van der Waals surface area (Å²) < 4.78 is 33.5. The summed E-state index contributed by atoms with van der Waals surface area (Å²) in [6, 6.07) is 14.0. The monoisotopic (exact) mass is 453 g/mol. The number of aryl methyl sites for hydroxylation is 3. The summed E-state index contributed by atoms with van der Waals surface area (Å²) in [6.45, 7) is 8.64. The number of hydrogen-bond donors (Lipinski definition) is 2. The Balaban J connectivity index is 1.47. The van der Waals surface area contributed by atoms with Gasteiger partial charge in [-0.05, 0) is 68.3 Å². The van der Waals surface area contributed by atoms with E-state index in [9.17, 15) is 8.42 Å². The quantitative estimate of drug-likeness (QED) is 0.586. The fraction of sp³-hybridized carbons (Fsp3) is 0.304. The standard InChI is InChI=1S/C23H27N5O3S/c1-16-4-9-21(14-17(16)2)32(29,30)27-20-7-5-19(6-8-20)25-22-15-18(3)24-23(26-22)28-10-12-31-13-11-28/h4-9,14-15,27H,10-13H2,1-3H3,(H,24,25,26). The van der Waals surface area contributed by atoms with Crippen molar-refractivity contribution in [1.82, 2.24) is 9.97 Å². The molecule has 2 heterocycles. The topological polar surface area (TPSA) is 96.5 Å². The van der Waals surface area contributed by atoms with E-state index in [-0.39, 0.29) is 4.90 Å². The van der Waals surface area contributed by atoms with Crippen LogP contribution in [0.3, 0.4) is 0 Å². The van der Waals surface area contributed by atoms with Crippen molar-refractivity contribution in [3.8, 4) is 0 Å². The number of morpholine rings is 1. The highest BCUT2D eigenvalue weighted by Gasteiger charge is 2.16. The zero-order valence-corrected chi connectivity index (χ0v) is 19.2. The molecule has 0 unspecified atom stereocenters.